The summed E-state index contributed by atoms with van der Waals surface area (Å²) in [5.74, 6) is -0.612. The van der Waals surface area contributed by atoms with Crippen LogP contribution in [0, 0.1) is 26.2 Å². The maximum Gasteiger partial charge on any atom is 0.457 e. The first-order chi connectivity index (χ1) is 17.9. The van der Waals surface area contributed by atoms with Crippen molar-refractivity contribution in [2.24, 2.45) is 5.41 Å². The second-order valence-electron chi connectivity index (χ2n) is 13.1. The molecule has 1 aliphatic rings. The number of phenolic OH excluding ortho intramolecular Hbond substituents is 1. The molecule has 1 fully saturated rings. The molecule has 0 saturated carbocycles. The number of carbonyl (C=O) groups is 2. The monoisotopic (exact) mass is 536 g/mol. The summed E-state index contributed by atoms with van der Waals surface area (Å²) in [6, 6.07) is 9.15. The van der Waals surface area contributed by atoms with E-state index in [2.05, 4.69) is 5.43 Å². The van der Waals surface area contributed by atoms with Gasteiger partial charge in [0.2, 0.25) is 0 Å². The summed E-state index contributed by atoms with van der Waals surface area (Å²) in [4.78, 5) is 26.8. The second-order valence-corrected chi connectivity index (χ2v) is 13.1. The lowest BCUT2D eigenvalue weighted by Crippen LogP contribution is -2.49. The van der Waals surface area contributed by atoms with Crippen molar-refractivity contribution in [3.63, 3.8) is 0 Å². The average Bonchev–Trinajstić information content (AvgIpc) is 3.00. The summed E-state index contributed by atoms with van der Waals surface area (Å²) in [6.07, 6.45) is 2.09. The van der Waals surface area contributed by atoms with Gasteiger partial charge in [-0.15, -0.1) is 0 Å². The number of amides is 2. The molecule has 1 heterocycles. The van der Waals surface area contributed by atoms with Crippen LogP contribution in [0.3, 0.4) is 0 Å². The van der Waals surface area contributed by atoms with Gasteiger partial charge in [-0.25, -0.2) is 5.01 Å². The van der Waals surface area contributed by atoms with E-state index in [4.69, 9.17) is 9.31 Å². The summed E-state index contributed by atoms with van der Waals surface area (Å²) < 4.78 is 12.1. The fourth-order valence-corrected chi connectivity index (χ4v) is 4.82. The van der Waals surface area contributed by atoms with E-state index in [-0.39, 0.29) is 35.4 Å². The van der Waals surface area contributed by atoms with Gasteiger partial charge < -0.3 is 14.4 Å². The predicted molar refractivity (Wildman–Crippen MR) is 156 cm³/mol. The molecule has 39 heavy (non-hydrogen) atoms. The fraction of sp³-hybridized carbons (Fsp3) is 0.548. The lowest BCUT2D eigenvalue weighted by Gasteiger charge is -2.32. The van der Waals surface area contributed by atoms with Crippen LogP contribution in [-0.2, 0) is 15.7 Å². The predicted octanol–water partition coefficient (Wildman–Crippen LogP) is 6.18. The van der Waals surface area contributed by atoms with Crippen molar-refractivity contribution < 1.29 is 24.0 Å². The summed E-state index contributed by atoms with van der Waals surface area (Å²) in [7, 11) is -0.285. The van der Waals surface area contributed by atoms with Crippen LogP contribution in [0.25, 0.3) is 0 Å². The van der Waals surface area contributed by atoms with E-state index in [9.17, 15) is 14.7 Å². The molecule has 0 atom stereocenters. The van der Waals surface area contributed by atoms with Crippen molar-refractivity contribution in [3.8, 4) is 5.75 Å². The Kier molecular flexibility index (Phi) is 8.93. The molecular weight excluding hydrogens is 491 g/mol. The van der Waals surface area contributed by atoms with Gasteiger partial charge >= 0.3 is 7.12 Å². The molecule has 2 aromatic rings. The molecule has 0 unspecified atom stereocenters. The van der Waals surface area contributed by atoms with Crippen LogP contribution in [0.15, 0.2) is 30.3 Å². The molecule has 0 aliphatic carbocycles. The SMILES string of the molecule is Cc1cc(C)cc(C(=O)N(CC(C)(C)C)NC(=O)c2ccc(CCCB3OC(C)(C)C(C)(C)O3)c(O)c2C)c1. The normalized spacial score (nSPS) is 16.3. The molecule has 1 saturated heterocycles. The van der Waals surface area contributed by atoms with Gasteiger partial charge in [0.15, 0.2) is 0 Å². The minimum Gasteiger partial charge on any atom is -0.507 e. The number of nitrogens with zero attached hydrogens (tertiary/aromatic N) is 1. The molecule has 3 rings (SSSR count). The van der Waals surface area contributed by atoms with Gasteiger partial charge in [-0.1, -0.05) is 50.5 Å². The largest absolute Gasteiger partial charge is 0.507 e. The molecule has 7 nitrogen and oxygen atoms in total. The molecule has 2 N–H and O–H groups in total. The summed E-state index contributed by atoms with van der Waals surface area (Å²) >= 11 is 0. The van der Waals surface area contributed by atoms with Gasteiger partial charge in [0.25, 0.3) is 11.8 Å². The van der Waals surface area contributed by atoms with Crippen molar-refractivity contribution in [3.05, 3.63) is 63.7 Å². The molecule has 0 bridgehead atoms. The van der Waals surface area contributed by atoms with E-state index >= 15 is 0 Å². The molecule has 0 aromatic heterocycles. The van der Waals surface area contributed by atoms with E-state index in [0.717, 1.165) is 23.1 Å². The van der Waals surface area contributed by atoms with Gasteiger partial charge in [0.05, 0.1) is 11.2 Å². The third-order valence-corrected chi connectivity index (χ3v) is 7.53. The minimum atomic E-state index is -0.437. The highest BCUT2D eigenvalue weighted by Gasteiger charge is 2.50. The number of aryl methyl sites for hydroxylation is 3. The van der Waals surface area contributed by atoms with Crippen LogP contribution in [0.4, 0.5) is 0 Å². The number of benzene rings is 2. The van der Waals surface area contributed by atoms with Crippen LogP contribution < -0.4 is 5.43 Å². The van der Waals surface area contributed by atoms with Crippen LogP contribution in [0.2, 0.25) is 6.32 Å². The molecule has 1 aliphatic heterocycles. The average molecular weight is 537 g/mol. The second kappa shape index (κ2) is 11.3. The van der Waals surface area contributed by atoms with Crippen LogP contribution in [0.5, 0.6) is 5.75 Å². The van der Waals surface area contributed by atoms with Gasteiger partial charge in [-0.3, -0.25) is 15.0 Å². The number of aromatic hydroxyl groups is 1. The summed E-state index contributed by atoms with van der Waals surface area (Å²) in [5.41, 5.74) is 5.88. The standard InChI is InChI=1S/C31H45BN2O5/c1-20-16-21(2)18-24(17-20)28(37)34(19-29(4,5)6)33-27(36)25-14-13-23(26(35)22(25)3)12-11-15-32-38-30(7,8)31(9,10)39-32/h13-14,16-18,35H,11-12,15,19H2,1-10H3,(H,33,36). The zero-order valence-electron chi connectivity index (χ0n) is 25.3. The molecule has 8 heteroatoms. The molecule has 0 spiro atoms. The van der Waals surface area contributed by atoms with E-state index in [1.807, 2.05) is 80.5 Å². The lowest BCUT2D eigenvalue weighted by atomic mass is 9.81. The van der Waals surface area contributed by atoms with Crippen LogP contribution in [-0.4, -0.2) is 46.8 Å². The van der Waals surface area contributed by atoms with Gasteiger partial charge in [-0.05, 0) is 90.4 Å². The Hall–Kier alpha value is -2.84. The highest BCUT2D eigenvalue weighted by Crippen LogP contribution is 2.38. The third-order valence-electron chi connectivity index (χ3n) is 7.53. The Morgan fingerprint density at radius 3 is 2.08 bits per heavy atom. The minimum absolute atomic E-state index is 0.0968. The number of hydrogen-bond acceptors (Lipinski definition) is 5. The summed E-state index contributed by atoms with van der Waals surface area (Å²) in [5, 5.41) is 12.3. The van der Waals surface area contributed by atoms with Crippen molar-refractivity contribution in [1.29, 1.82) is 0 Å². The maximum atomic E-state index is 13.4. The van der Waals surface area contributed by atoms with Crippen LogP contribution >= 0.6 is 0 Å². The molecule has 2 aromatic carbocycles. The zero-order valence-corrected chi connectivity index (χ0v) is 25.3. The van der Waals surface area contributed by atoms with Gasteiger partial charge in [0.1, 0.15) is 5.75 Å². The molecule has 0 radical (unpaired) electrons. The van der Waals surface area contributed by atoms with Crippen LogP contribution in [0.1, 0.15) is 97.9 Å². The van der Waals surface area contributed by atoms with E-state index < -0.39 is 5.91 Å². The first kappa shape index (κ1) is 30.7. The Morgan fingerprint density at radius 1 is 0.974 bits per heavy atom. The number of rotatable bonds is 7. The first-order valence-electron chi connectivity index (χ1n) is 13.8. The van der Waals surface area contributed by atoms with E-state index in [1.165, 1.54) is 5.01 Å². The Bertz CT molecular complexity index is 1200. The third kappa shape index (κ3) is 7.43. The number of phenols is 1. The van der Waals surface area contributed by atoms with Gasteiger partial charge in [0, 0.05) is 23.2 Å². The fourth-order valence-electron chi connectivity index (χ4n) is 4.82. The Morgan fingerprint density at radius 2 is 1.54 bits per heavy atom. The maximum absolute atomic E-state index is 13.4. The molecular formula is C31H45BN2O5. The Balaban J connectivity index is 1.72. The number of hydrogen-bond donors (Lipinski definition) is 2. The molecule has 212 valence electrons. The Labute approximate surface area is 234 Å². The zero-order chi connectivity index (χ0) is 29.3. The summed E-state index contributed by atoms with van der Waals surface area (Å²) in [6.45, 7) is 20.1. The highest BCUT2D eigenvalue weighted by molar-refractivity contribution is 6.45. The number of hydrazine groups is 1. The van der Waals surface area contributed by atoms with E-state index in [0.29, 0.717) is 36.0 Å². The van der Waals surface area contributed by atoms with Crippen molar-refractivity contribution in [2.45, 2.75) is 99.6 Å². The number of carbonyl (C=O) groups excluding carboxylic acids is 2. The quantitative estimate of drug-likeness (QED) is 0.326. The molecule has 2 amide bonds. The smallest absolute Gasteiger partial charge is 0.457 e. The lowest BCUT2D eigenvalue weighted by molar-refractivity contribution is 0.00578. The van der Waals surface area contributed by atoms with E-state index in [1.54, 1.807) is 19.1 Å². The highest BCUT2D eigenvalue weighted by atomic mass is 16.7. The first-order valence-corrected chi connectivity index (χ1v) is 13.8. The topological polar surface area (TPSA) is 88.1 Å². The van der Waals surface area contributed by atoms with Gasteiger partial charge in [-0.2, -0.15) is 0 Å². The van der Waals surface area contributed by atoms with Crippen molar-refractivity contribution in [1.82, 2.24) is 10.4 Å². The number of nitrogens with one attached hydrogen (secondary N) is 1. The van der Waals surface area contributed by atoms with Crippen molar-refractivity contribution >= 4 is 18.9 Å². The van der Waals surface area contributed by atoms with Crippen molar-refractivity contribution in [2.75, 3.05) is 6.54 Å².